The number of aliphatic hydroxyl groups is 4. The monoisotopic (exact) mass is 420 g/mol. The first kappa shape index (κ1) is 24.4. The van der Waals surface area contributed by atoms with E-state index in [1.54, 1.807) is 0 Å². The molecule has 0 aromatic rings. The highest BCUT2D eigenvalue weighted by atomic mass is 32.2. The first-order valence-electron chi connectivity index (χ1n) is 8.36. The molecule has 158 valence electrons. The smallest absolute Gasteiger partial charge is 0.303 e. The van der Waals surface area contributed by atoms with Gasteiger partial charge in [0.25, 0.3) is 0 Å². The molecule has 0 aliphatic carbocycles. The number of aliphatic carboxylic acids is 1. The molecule has 1 rings (SSSR count). The van der Waals surface area contributed by atoms with E-state index in [0.717, 1.165) is 27.7 Å². The van der Waals surface area contributed by atoms with Gasteiger partial charge in [-0.05, 0) is 34.1 Å². The normalized spacial score (nSPS) is 36.4. The minimum atomic E-state index is -3.42. The molecule has 1 saturated heterocycles. The number of Topliss-reactive ketones (excluding diaryl/α,β-unsaturated/α-hetero) is 4. The van der Waals surface area contributed by atoms with Crippen LogP contribution in [0.3, 0.4) is 0 Å². The molecule has 28 heavy (non-hydrogen) atoms. The zero-order valence-corrected chi connectivity index (χ0v) is 16.6. The van der Waals surface area contributed by atoms with E-state index >= 15 is 0 Å². The summed E-state index contributed by atoms with van der Waals surface area (Å²) in [4.78, 5) is 59.8. The highest BCUT2D eigenvalue weighted by molar-refractivity contribution is 8.00. The van der Waals surface area contributed by atoms with E-state index in [0.29, 0.717) is 11.8 Å². The molecule has 0 bridgehead atoms. The molecule has 10 nitrogen and oxygen atoms in total. The van der Waals surface area contributed by atoms with Crippen molar-refractivity contribution < 1.29 is 49.5 Å². The SMILES string of the molecule is CC(=O)C(O)[C@@H]1S[C@H](CCC(=O)O)[C@](O)(C(C)=O)[C@](O)(C(C)=O)[C@@]1(O)C(C)=O. The standard InChI is InChI=1S/C17H24O10S/c1-7(18)13(24)14-16(26,9(3)20)17(27,10(4)21)15(25,8(2)19)11(28-14)5-6-12(22)23/h11,13-14,24-27H,5-6H2,1-4H3,(H,22,23)/t11-,13?,14+,15-,16-,17-/m1/s1. The number of carbonyl (C=O) groups excluding carboxylic acids is 4. The Morgan fingerprint density at radius 1 is 0.893 bits per heavy atom. The highest BCUT2D eigenvalue weighted by Gasteiger charge is 2.78. The second kappa shape index (κ2) is 7.99. The van der Waals surface area contributed by atoms with Crippen LogP contribution in [0.15, 0.2) is 0 Å². The average Bonchev–Trinajstić information content (AvgIpc) is 2.57. The molecule has 1 heterocycles. The van der Waals surface area contributed by atoms with Crippen LogP contribution in [0.4, 0.5) is 0 Å². The number of carboxylic acid groups (broad SMARTS) is 1. The van der Waals surface area contributed by atoms with Crippen LogP contribution in [-0.2, 0) is 24.0 Å². The lowest BCUT2D eigenvalue weighted by molar-refractivity contribution is -0.235. The van der Waals surface area contributed by atoms with Gasteiger partial charge < -0.3 is 25.5 Å². The van der Waals surface area contributed by atoms with Crippen molar-refractivity contribution in [1.29, 1.82) is 0 Å². The second-order valence-electron chi connectivity index (χ2n) is 6.94. The van der Waals surface area contributed by atoms with Gasteiger partial charge >= 0.3 is 5.97 Å². The minimum Gasteiger partial charge on any atom is -0.481 e. The van der Waals surface area contributed by atoms with Crippen LogP contribution in [0, 0.1) is 0 Å². The maximum atomic E-state index is 12.4. The van der Waals surface area contributed by atoms with Crippen LogP contribution in [0.2, 0.25) is 0 Å². The molecular weight excluding hydrogens is 396 g/mol. The quantitative estimate of drug-likeness (QED) is 0.299. The van der Waals surface area contributed by atoms with Crippen molar-refractivity contribution >= 4 is 40.9 Å². The van der Waals surface area contributed by atoms with E-state index in [2.05, 4.69) is 0 Å². The Hall–Kier alpha value is -1.66. The Balaban J connectivity index is 3.87. The molecule has 1 fully saturated rings. The van der Waals surface area contributed by atoms with Crippen LogP contribution in [0.5, 0.6) is 0 Å². The van der Waals surface area contributed by atoms with E-state index in [-0.39, 0.29) is 0 Å². The summed E-state index contributed by atoms with van der Waals surface area (Å²) in [5.74, 6) is -6.03. The van der Waals surface area contributed by atoms with Crippen LogP contribution < -0.4 is 0 Å². The maximum absolute atomic E-state index is 12.4. The fourth-order valence-electron chi connectivity index (χ4n) is 3.62. The van der Waals surface area contributed by atoms with Crippen molar-refractivity contribution in [3.05, 3.63) is 0 Å². The van der Waals surface area contributed by atoms with Crippen LogP contribution >= 0.6 is 11.8 Å². The van der Waals surface area contributed by atoms with Gasteiger partial charge in [-0.1, -0.05) is 0 Å². The van der Waals surface area contributed by atoms with E-state index in [1.807, 2.05) is 0 Å². The minimum absolute atomic E-state index is 0.412. The van der Waals surface area contributed by atoms with Gasteiger partial charge in [0, 0.05) is 11.7 Å². The third kappa shape index (κ3) is 3.30. The lowest BCUT2D eigenvalue weighted by atomic mass is 9.61. The van der Waals surface area contributed by atoms with Crippen LogP contribution in [0.25, 0.3) is 0 Å². The first-order valence-corrected chi connectivity index (χ1v) is 9.30. The van der Waals surface area contributed by atoms with Crippen molar-refractivity contribution in [2.45, 2.75) is 73.9 Å². The summed E-state index contributed by atoms with van der Waals surface area (Å²) in [6.45, 7) is 3.25. The molecule has 11 heteroatoms. The number of carboxylic acids is 1. The topological polar surface area (TPSA) is 186 Å². The molecule has 0 radical (unpaired) electrons. The van der Waals surface area contributed by atoms with Gasteiger partial charge in [-0.2, -0.15) is 0 Å². The molecule has 0 aromatic heterocycles. The van der Waals surface area contributed by atoms with Crippen molar-refractivity contribution in [2.75, 3.05) is 0 Å². The highest BCUT2D eigenvalue weighted by Crippen LogP contribution is 2.54. The van der Waals surface area contributed by atoms with Gasteiger partial charge in [0.1, 0.15) is 6.10 Å². The number of hydrogen-bond acceptors (Lipinski definition) is 10. The fraction of sp³-hybridized carbons (Fsp3) is 0.706. The predicted molar refractivity (Wildman–Crippen MR) is 95.6 cm³/mol. The number of rotatable bonds is 8. The van der Waals surface area contributed by atoms with Gasteiger partial charge in [-0.3, -0.25) is 24.0 Å². The molecule has 5 N–H and O–H groups in total. The Bertz CT molecular complexity index is 721. The van der Waals surface area contributed by atoms with Crippen molar-refractivity contribution in [1.82, 2.24) is 0 Å². The summed E-state index contributed by atoms with van der Waals surface area (Å²) in [5.41, 5.74) is -9.67. The molecule has 0 spiro atoms. The van der Waals surface area contributed by atoms with Gasteiger partial charge in [-0.15, -0.1) is 11.8 Å². The molecule has 0 amide bonds. The Kier molecular flexibility index (Phi) is 6.96. The fourth-order valence-corrected chi connectivity index (χ4v) is 5.64. The largest absolute Gasteiger partial charge is 0.481 e. The molecule has 1 unspecified atom stereocenters. The third-order valence-corrected chi connectivity index (χ3v) is 7.00. The number of carbonyl (C=O) groups is 5. The van der Waals surface area contributed by atoms with E-state index < -0.39 is 75.4 Å². The van der Waals surface area contributed by atoms with Gasteiger partial charge in [0.2, 0.25) is 0 Å². The second-order valence-corrected chi connectivity index (χ2v) is 8.29. The molecule has 1 aliphatic rings. The maximum Gasteiger partial charge on any atom is 0.303 e. The van der Waals surface area contributed by atoms with Crippen molar-refractivity contribution in [2.24, 2.45) is 0 Å². The number of thioether (sulfide) groups is 1. The van der Waals surface area contributed by atoms with Gasteiger partial charge in [0.05, 0.1) is 5.25 Å². The molecular formula is C17H24O10S. The third-order valence-electron chi connectivity index (χ3n) is 5.20. The van der Waals surface area contributed by atoms with Crippen LogP contribution in [0.1, 0.15) is 40.5 Å². The van der Waals surface area contributed by atoms with Crippen molar-refractivity contribution in [3.63, 3.8) is 0 Å². The molecule has 0 aromatic carbocycles. The Morgan fingerprint density at radius 3 is 1.68 bits per heavy atom. The summed E-state index contributed by atoms with van der Waals surface area (Å²) in [6.07, 6.45) is -3.10. The summed E-state index contributed by atoms with van der Waals surface area (Å²) in [7, 11) is 0. The number of aliphatic hydroxyl groups excluding tert-OH is 1. The number of hydrogen-bond donors (Lipinski definition) is 5. The zero-order valence-electron chi connectivity index (χ0n) is 15.8. The summed E-state index contributed by atoms with van der Waals surface area (Å²) in [5, 5.41) is 49.3. The summed E-state index contributed by atoms with van der Waals surface area (Å²) < 4.78 is 0. The zero-order chi connectivity index (χ0) is 22.2. The lowest BCUT2D eigenvalue weighted by Gasteiger charge is -2.58. The predicted octanol–water partition coefficient (Wildman–Crippen LogP) is -1.75. The molecule has 1 aliphatic heterocycles. The Morgan fingerprint density at radius 2 is 1.36 bits per heavy atom. The number of ketones is 4. The average molecular weight is 420 g/mol. The first-order chi connectivity index (χ1) is 12.6. The van der Waals surface area contributed by atoms with E-state index in [9.17, 15) is 44.4 Å². The van der Waals surface area contributed by atoms with E-state index in [1.165, 1.54) is 0 Å². The summed E-state index contributed by atoms with van der Waals surface area (Å²) in [6, 6.07) is 0. The van der Waals surface area contributed by atoms with Gasteiger partial charge in [0.15, 0.2) is 39.9 Å². The molecule has 0 saturated carbocycles. The van der Waals surface area contributed by atoms with Crippen molar-refractivity contribution in [3.8, 4) is 0 Å². The Labute approximate surface area is 164 Å². The van der Waals surface area contributed by atoms with Crippen LogP contribution in [-0.4, -0.2) is 88.0 Å². The molecule has 6 atom stereocenters. The lowest BCUT2D eigenvalue weighted by Crippen LogP contribution is -2.85. The van der Waals surface area contributed by atoms with E-state index in [4.69, 9.17) is 5.11 Å². The van der Waals surface area contributed by atoms with Gasteiger partial charge in [-0.25, -0.2) is 0 Å². The summed E-state index contributed by atoms with van der Waals surface area (Å²) >= 11 is 0.412.